The average Bonchev–Trinajstić information content (AvgIpc) is 3.17. The Balaban J connectivity index is 1.66. The van der Waals surface area contributed by atoms with Crippen molar-refractivity contribution < 1.29 is 27.8 Å². The van der Waals surface area contributed by atoms with E-state index in [0.29, 0.717) is 17.1 Å². The molecule has 0 bridgehead atoms. The van der Waals surface area contributed by atoms with E-state index in [1.165, 1.54) is 6.92 Å². The van der Waals surface area contributed by atoms with Crippen LogP contribution in [0.3, 0.4) is 0 Å². The van der Waals surface area contributed by atoms with Gasteiger partial charge in [0.25, 0.3) is 5.91 Å². The van der Waals surface area contributed by atoms with Crippen LogP contribution in [-0.2, 0) is 16.9 Å². The molecule has 2 aliphatic rings. The zero-order valence-corrected chi connectivity index (χ0v) is 14.8. The number of carbonyl (C=O) groups is 2. The fourth-order valence-electron chi connectivity index (χ4n) is 3.20. The van der Waals surface area contributed by atoms with Crippen molar-refractivity contribution in [3.8, 4) is 11.5 Å². The summed E-state index contributed by atoms with van der Waals surface area (Å²) in [6, 6.07) is 5.18. The van der Waals surface area contributed by atoms with Gasteiger partial charge < -0.3 is 14.8 Å². The first kappa shape index (κ1) is 17.5. The number of amides is 3. The van der Waals surface area contributed by atoms with Crippen molar-refractivity contribution in [1.29, 1.82) is 0 Å². The molecule has 9 heteroatoms. The van der Waals surface area contributed by atoms with Crippen LogP contribution in [0.5, 0.6) is 11.5 Å². The summed E-state index contributed by atoms with van der Waals surface area (Å²) in [7, 11) is 0. The lowest BCUT2D eigenvalue weighted by molar-refractivity contribution is -0.131. The molecule has 2 aliphatic heterocycles. The van der Waals surface area contributed by atoms with E-state index in [1.807, 2.05) is 0 Å². The van der Waals surface area contributed by atoms with Gasteiger partial charge in [-0.25, -0.2) is 13.6 Å². The summed E-state index contributed by atoms with van der Waals surface area (Å²) in [6.45, 7) is 1.24. The van der Waals surface area contributed by atoms with E-state index in [0.717, 1.165) is 23.1 Å². The third kappa shape index (κ3) is 2.76. The Hall–Kier alpha value is -2.87. The lowest BCUT2D eigenvalue weighted by atomic mass is 9.91. The highest BCUT2D eigenvalue weighted by molar-refractivity contribution is 6.32. The molecule has 0 aromatic heterocycles. The number of benzene rings is 2. The molecule has 1 fully saturated rings. The number of imide groups is 1. The van der Waals surface area contributed by atoms with E-state index < -0.39 is 29.1 Å². The minimum absolute atomic E-state index is 0.0263. The summed E-state index contributed by atoms with van der Waals surface area (Å²) in [4.78, 5) is 26.2. The molecule has 0 spiro atoms. The minimum Gasteiger partial charge on any atom is -0.454 e. The third-order valence-corrected chi connectivity index (χ3v) is 4.85. The summed E-state index contributed by atoms with van der Waals surface area (Å²) in [5.74, 6) is -1.41. The zero-order chi connectivity index (χ0) is 19.3. The summed E-state index contributed by atoms with van der Waals surface area (Å²) in [5.41, 5.74) is -1.44. The Morgan fingerprint density at radius 1 is 1.22 bits per heavy atom. The van der Waals surface area contributed by atoms with E-state index in [-0.39, 0.29) is 23.9 Å². The van der Waals surface area contributed by atoms with Crippen molar-refractivity contribution in [2.24, 2.45) is 0 Å². The standard InChI is InChI=1S/C18H13ClF2N2O4/c1-18(11-6-10(20)2-3-13(11)21)16(24)23(17(25)22-18)7-9-4-12(19)15-14(5-9)26-8-27-15/h2-6H,7-8H2,1H3,(H,22,25)/t18-/m1/s1. The Bertz CT molecular complexity index is 984. The number of hydrogen-bond acceptors (Lipinski definition) is 4. The molecule has 27 heavy (non-hydrogen) atoms. The highest BCUT2D eigenvalue weighted by Crippen LogP contribution is 2.40. The maximum Gasteiger partial charge on any atom is 0.325 e. The number of carbonyl (C=O) groups excluding carboxylic acids is 2. The van der Waals surface area contributed by atoms with Gasteiger partial charge in [-0.3, -0.25) is 9.69 Å². The van der Waals surface area contributed by atoms with Gasteiger partial charge in [-0.2, -0.15) is 0 Å². The summed E-state index contributed by atoms with van der Waals surface area (Å²) >= 11 is 6.12. The Morgan fingerprint density at radius 3 is 2.78 bits per heavy atom. The van der Waals surface area contributed by atoms with Gasteiger partial charge in [0.2, 0.25) is 6.79 Å². The molecule has 4 rings (SSSR count). The molecule has 0 radical (unpaired) electrons. The molecule has 0 aliphatic carbocycles. The van der Waals surface area contributed by atoms with Crippen LogP contribution in [0, 0.1) is 11.6 Å². The Kier molecular flexibility index (Phi) is 3.96. The number of nitrogens with one attached hydrogen (secondary N) is 1. The summed E-state index contributed by atoms with van der Waals surface area (Å²) in [6.07, 6.45) is 0. The summed E-state index contributed by atoms with van der Waals surface area (Å²) in [5, 5.41) is 2.73. The van der Waals surface area contributed by atoms with Crippen molar-refractivity contribution in [3.63, 3.8) is 0 Å². The maximum atomic E-state index is 14.2. The van der Waals surface area contributed by atoms with Gasteiger partial charge in [-0.15, -0.1) is 0 Å². The SMILES string of the molecule is C[C@]1(c2cc(F)ccc2F)NC(=O)N(Cc2cc(Cl)c3c(c2)OCO3)C1=O. The second kappa shape index (κ2) is 6.09. The zero-order valence-electron chi connectivity index (χ0n) is 14.0. The molecule has 2 aromatic carbocycles. The van der Waals surface area contributed by atoms with Crippen LogP contribution < -0.4 is 14.8 Å². The highest BCUT2D eigenvalue weighted by atomic mass is 35.5. The third-order valence-electron chi connectivity index (χ3n) is 4.57. The molecule has 0 unspecified atom stereocenters. The highest BCUT2D eigenvalue weighted by Gasteiger charge is 2.50. The largest absolute Gasteiger partial charge is 0.454 e. The maximum absolute atomic E-state index is 14.2. The van der Waals surface area contributed by atoms with Crippen LogP contribution in [0.25, 0.3) is 0 Å². The Labute approximate surface area is 157 Å². The van der Waals surface area contributed by atoms with Crippen LogP contribution >= 0.6 is 11.6 Å². The molecule has 1 N–H and O–H groups in total. The number of rotatable bonds is 3. The van der Waals surface area contributed by atoms with Crippen molar-refractivity contribution in [2.75, 3.05) is 6.79 Å². The molecule has 0 saturated carbocycles. The topological polar surface area (TPSA) is 67.9 Å². The van der Waals surface area contributed by atoms with Gasteiger partial charge in [0.05, 0.1) is 11.6 Å². The fraction of sp³-hybridized carbons (Fsp3) is 0.222. The van der Waals surface area contributed by atoms with Gasteiger partial charge in [-0.1, -0.05) is 11.6 Å². The molecular formula is C18H13ClF2N2O4. The first-order chi connectivity index (χ1) is 12.8. The molecule has 1 atom stereocenters. The summed E-state index contributed by atoms with van der Waals surface area (Å²) < 4.78 is 38.2. The first-order valence-electron chi connectivity index (χ1n) is 7.97. The molecule has 3 amide bonds. The second-order valence-electron chi connectivity index (χ2n) is 6.38. The minimum atomic E-state index is -1.72. The number of nitrogens with zero attached hydrogens (tertiary/aromatic N) is 1. The van der Waals surface area contributed by atoms with Crippen LogP contribution in [0.15, 0.2) is 30.3 Å². The van der Waals surface area contributed by atoms with Gasteiger partial charge in [-0.05, 0) is 42.8 Å². The molecule has 1 saturated heterocycles. The molecular weight excluding hydrogens is 382 g/mol. The molecule has 2 heterocycles. The van der Waals surface area contributed by atoms with Gasteiger partial charge >= 0.3 is 6.03 Å². The Morgan fingerprint density at radius 2 is 2.00 bits per heavy atom. The molecule has 140 valence electrons. The molecule has 2 aromatic rings. The van der Waals surface area contributed by atoms with Gasteiger partial charge in [0.15, 0.2) is 11.5 Å². The van der Waals surface area contributed by atoms with E-state index in [2.05, 4.69) is 5.32 Å². The van der Waals surface area contributed by atoms with Crippen LogP contribution in [0.4, 0.5) is 13.6 Å². The number of ether oxygens (including phenoxy) is 2. The number of fused-ring (bicyclic) bond motifs is 1. The van der Waals surface area contributed by atoms with Crippen molar-refractivity contribution in [2.45, 2.75) is 19.0 Å². The number of urea groups is 1. The van der Waals surface area contributed by atoms with Crippen molar-refractivity contribution >= 4 is 23.5 Å². The molecule has 6 nitrogen and oxygen atoms in total. The first-order valence-corrected chi connectivity index (χ1v) is 8.35. The number of hydrogen-bond donors (Lipinski definition) is 1. The smallest absolute Gasteiger partial charge is 0.325 e. The average molecular weight is 395 g/mol. The lowest BCUT2D eigenvalue weighted by Crippen LogP contribution is -2.41. The van der Waals surface area contributed by atoms with Crippen LogP contribution in [0.1, 0.15) is 18.1 Å². The predicted molar refractivity (Wildman–Crippen MR) is 90.4 cm³/mol. The lowest BCUT2D eigenvalue weighted by Gasteiger charge is -2.23. The van der Waals surface area contributed by atoms with Crippen molar-refractivity contribution in [3.05, 3.63) is 58.1 Å². The van der Waals surface area contributed by atoms with E-state index in [9.17, 15) is 18.4 Å². The van der Waals surface area contributed by atoms with E-state index in [4.69, 9.17) is 21.1 Å². The normalized spacial score (nSPS) is 21.0. The van der Waals surface area contributed by atoms with E-state index in [1.54, 1.807) is 12.1 Å². The van der Waals surface area contributed by atoms with Crippen molar-refractivity contribution in [1.82, 2.24) is 10.2 Å². The second-order valence-corrected chi connectivity index (χ2v) is 6.79. The number of halogens is 3. The van der Waals surface area contributed by atoms with Crippen LogP contribution in [-0.4, -0.2) is 23.6 Å². The fourth-order valence-corrected chi connectivity index (χ4v) is 3.49. The van der Waals surface area contributed by atoms with E-state index >= 15 is 0 Å². The monoisotopic (exact) mass is 394 g/mol. The quantitative estimate of drug-likeness (QED) is 0.811. The predicted octanol–water partition coefficient (Wildman–Crippen LogP) is 3.31. The van der Waals surface area contributed by atoms with Gasteiger partial charge in [0, 0.05) is 5.56 Å². The van der Waals surface area contributed by atoms with Crippen LogP contribution in [0.2, 0.25) is 5.02 Å². The van der Waals surface area contributed by atoms with Gasteiger partial charge in [0.1, 0.15) is 17.2 Å².